The van der Waals surface area contributed by atoms with Gasteiger partial charge in [0, 0.05) is 43.5 Å². The molecule has 5 rings (SSSR count). The van der Waals surface area contributed by atoms with Crippen LogP contribution in [-0.2, 0) is 4.79 Å². The highest BCUT2D eigenvalue weighted by Gasteiger charge is 2.38. The number of hydrogen-bond donors (Lipinski definition) is 2. The van der Waals surface area contributed by atoms with Gasteiger partial charge in [0.1, 0.15) is 11.6 Å². The third kappa shape index (κ3) is 5.85. The summed E-state index contributed by atoms with van der Waals surface area (Å²) in [7, 11) is 0. The molecule has 2 fully saturated rings. The van der Waals surface area contributed by atoms with Gasteiger partial charge in [-0.1, -0.05) is 24.4 Å². The number of rotatable bonds is 6. The SMILES string of the molecule is O=C(NC1CCN(C2CCCCC2)CC1C(=O)Nc1cccnc1)c1cc(-c2ccc(F)cc2F)on1. The Morgan fingerprint density at radius 2 is 1.89 bits per heavy atom. The molecule has 1 aromatic carbocycles. The summed E-state index contributed by atoms with van der Waals surface area (Å²) in [5.74, 6) is -2.71. The van der Waals surface area contributed by atoms with Crippen LogP contribution in [0.1, 0.15) is 49.0 Å². The number of likely N-dealkylation sites (tertiary alicyclic amines) is 1. The molecule has 2 aromatic heterocycles. The Kier molecular flexibility index (Phi) is 7.55. The van der Waals surface area contributed by atoms with E-state index in [0.717, 1.165) is 31.5 Å². The van der Waals surface area contributed by atoms with Gasteiger partial charge in [0.05, 0.1) is 23.4 Å². The summed E-state index contributed by atoms with van der Waals surface area (Å²) in [6.45, 7) is 1.31. The van der Waals surface area contributed by atoms with Crippen LogP contribution in [0.25, 0.3) is 11.3 Å². The highest BCUT2D eigenvalue weighted by molar-refractivity contribution is 5.96. The molecule has 1 saturated carbocycles. The lowest BCUT2D eigenvalue weighted by molar-refractivity contribution is -0.122. The van der Waals surface area contributed by atoms with Crippen molar-refractivity contribution in [3.8, 4) is 11.3 Å². The lowest BCUT2D eigenvalue weighted by atomic mass is 9.87. The van der Waals surface area contributed by atoms with Crippen LogP contribution < -0.4 is 10.6 Å². The molecular weight excluding hydrogens is 480 g/mol. The van der Waals surface area contributed by atoms with Crippen LogP contribution >= 0.6 is 0 Å². The maximum Gasteiger partial charge on any atom is 0.273 e. The highest BCUT2D eigenvalue weighted by Crippen LogP contribution is 2.29. The molecule has 10 heteroatoms. The number of nitrogens with one attached hydrogen (secondary N) is 2. The first-order valence-corrected chi connectivity index (χ1v) is 12.7. The molecule has 2 amide bonds. The third-order valence-electron chi connectivity index (χ3n) is 7.26. The van der Waals surface area contributed by atoms with E-state index in [1.165, 1.54) is 31.4 Å². The number of amides is 2. The maximum absolute atomic E-state index is 14.1. The van der Waals surface area contributed by atoms with Crippen molar-refractivity contribution >= 4 is 17.5 Å². The zero-order valence-electron chi connectivity index (χ0n) is 20.3. The summed E-state index contributed by atoms with van der Waals surface area (Å²) in [5.41, 5.74) is 0.553. The van der Waals surface area contributed by atoms with Gasteiger partial charge in [-0.15, -0.1) is 0 Å². The monoisotopic (exact) mass is 509 g/mol. The Labute approximate surface area is 213 Å². The number of nitrogens with zero attached hydrogens (tertiary/aromatic N) is 3. The van der Waals surface area contributed by atoms with Gasteiger partial charge < -0.3 is 15.2 Å². The largest absolute Gasteiger partial charge is 0.355 e. The fourth-order valence-corrected chi connectivity index (χ4v) is 5.31. The van der Waals surface area contributed by atoms with Gasteiger partial charge in [-0.3, -0.25) is 19.5 Å². The molecule has 0 radical (unpaired) electrons. The summed E-state index contributed by atoms with van der Waals surface area (Å²) >= 11 is 0. The van der Waals surface area contributed by atoms with Crippen LogP contribution in [0.15, 0.2) is 53.3 Å². The molecular formula is C27H29F2N5O3. The van der Waals surface area contributed by atoms with Crippen molar-refractivity contribution < 1.29 is 22.9 Å². The van der Waals surface area contributed by atoms with Crippen LogP contribution in [-0.4, -0.2) is 52.0 Å². The van der Waals surface area contributed by atoms with Crippen molar-refractivity contribution in [3.63, 3.8) is 0 Å². The standard InChI is InChI=1S/C27H29F2N5O3/c28-17-8-9-20(22(29)13-17)25-14-24(33-37-25)27(36)32-23-10-12-34(19-6-2-1-3-7-19)16-21(23)26(35)31-18-5-4-11-30-15-18/h4-5,8-9,11,13-15,19,21,23H,1-3,6-7,10,12,16H2,(H,31,35)(H,32,36). The number of piperidine rings is 1. The molecule has 2 unspecified atom stereocenters. The first-order chi connectivity index (χ1) is 18.0. The van der Waals surface area contributed by atoms with Crippen molar-refractivity contribution in [1.82, 2.24) is 20.4 Å². The summed E-state index contributed by atoms with van der Waals surface area (Å²) in [4.78, 5) is 32.9. The molecule has 3 aromatic rings. The zero-order chi connectivity index (χ0) is 25.8. The Hall–Kier alpha value is -3.66. The molecule has 3 heterocycles. The summed E-state index contributed by atoms with van der Waals surface area (Å²) in [6, 6.07) is 7.92. The minimum atomic E-state index is -0.815. The second kappa shape index (κ2) is 11.2. The molecule has 0 bridgehead atoms. The van der Waals surface area contributed by atoms with Gasteiger partial charge in [0.2, 0.25) is 5.91 Å². The minimum absolute atomic E-state index is 0.00228. The minimum Gasteiger partial charge on any atom is -0.355 e. The van der Waals surface area contributed by atoms with Crippen molar-refractivity contribution in [2.24, 2.45) is 5.92 Å². The molecule has 1 aliphatic carbocycles. The van der Waals surface area contributed by atoms with Gasteiger partial charge >= 0.3 is 0 Å². The smallest absolute Gasteiger partial charge is 0.273 e. The number of carbonyl (C=O) groups excluding carboxylic acids is 2. The topological polar surface area (TPSA) is 100 Å². The van der Waals surface area contributed by atoms with Crippen LogP contribution in [0.4, 0.5) is 14.5 Å². The predicted molar refractivity (Wildman–Crippen MR) is 133 cm³/mol. The summed E-state index contributed by atoms with van der Waals surface area (Å²) in [6.07, 6.45) is 9.69. The molecule has 2 N–H and O–H groups in total. The van der Waals surface area contributed by atoms with Crippen LogP contribution in [0.3, 0.4) is 0 Å². The van der Waals surface area contributed by atoms with Gasteiger partial charge in [-0.25, -0.2) is 8.78 Å². The average Bonchev–Trinajstić information content (AvgIpc) is 3.40. The van der Waals surface area contributed by atoms with E-state index in [9.17, 15) is 18.4 Å². The Balaban J connectivity index is 1.31. The lowest BCUT2D eigenvalue weighted by Gasteiger charge is -2.43. The number of aromatic nitrogens is 2. The van der Waals surface area contributed by atoms with E-state index >= 15 is 0 Å². The fourth-order valence-electron chi connectivity index (χ4n) is 5.31. The highest BCUT2D eigenvalue weighted by atomic mass is 19.1. The van der Waals surface area contributed by atoms with Gasteiger partial charge in [-0.05, 0) is 43.5 Å². The number of hydrogen-bond acceptors (Lipinski definition) is 6. The predicted octanol–water partition coefficient (Wildman–Crippen LogP) is 4.41. The van der Waals surface area contributed by atoms with Crippen molar-refractivity contribution in [2.45, 2.75) is 50.6 Å². The van der Waals surface area contributed by atoms with Gasteiger partial charge in [-0.2, -0.15) is 0 Å². The van der Waals surface area contributed by atoms with E-state index < -0.39 is 29.5 Å². The Bertz CT molecular complexity index is 1250. The second-order valence-electron chi connectivity index (χ2n) is 9.69. The van der Waals surface area contributed by atoms with Crippen molar-refractivity contribution in [3.05, 3.63) is 66.1 Å². The molecule has 37 heavy (non-hydrogen) atoms. The summed E-state index contributed by atoms with van der Waals surface area (Å²) < 4.78 is 32.6. The number of halogens is 2. The van der Waals surface area contributed by atoms with E-state index in [4.69, 9.17) is 4.52 Å². The number of pyridine rings is 1. The van der Waals surface area contributed by atoms with E-state index in [-0.39, 0.29) is 22.9 Å². The molecule has 194 valence electrons. The van der Waals surface area contributed by atoms with Crippen LogP contribution in [0, 0.1) is 17.6 Å². The zero-order valence-corrected chi connectivity index (χ0v) is 20.3. The first kappa shape index (κ1) is 25.0. The maximum atomic E-state index is 14.1. The first-order valence-electron chi connectivity index (χ1n) is 12.7. The molecule has 0 spiro atoms. The fraction of sp³-hybridized carbons (Fsp3) is 0.407. The molecule has 8 nitrogen and oxygen atoms in total. The number of benzene rings is 1. The molecule has 1 aliphatic heterocycles. The number of anilines is 1. The molecule has 2 aliphatic rings. The van der Waals surface area contributed by atoms with E-state index in [1.807, 2.05) is 0 Å². The third-order valence-corrected chi connectivity index (χ3v) is 7.26. The van der Waals surface area contributed by atoms with Crippen molar-refractivity contribution in [2.75, 3.05) is 18.4 Å². The average molecular weight is 510 g/mol. The second-order valence-corrected chi connectivity index (χ2v) is 9.69. The van der Waals surface area contributed by atoms with Crippen LogP contribution in [0.2, 0.25) is 0 Å². The molecule has 1 saturated heterocycles. The van der Waals surface area contributed by atoms with E-state index in [1.54, 1.807) is 24.5 Å². The number of carbonyl (C=O) groups is 2. The summed E-state index contributed by atoms with van der Waals surface area (Å²) in [5, 5.41) is 9.66. The Morgan fingerprint density at radius 1 is 1.05 bits per heavy atom. The molecule has 2 atom stereocenters. The van der Waals surface area contributed by atoms with Gasteiger partial charge in [0.15, 0.2) is 11.5 Å². The van der Waals surface area contributed by atoms with Crippen LogP contribution in [0.5, 0.6) is 0 Å². The Morgan fingerprint density at radius 3 is 2.65 bits per heavy atom. The normalized spacial score (nSPS) is 20.9. The lowest BCUT2D eigenvalue weighted by Crippen LogP contribution is -2.57. The van der Waals surface area contributed by atoms with Crippen molar-refractivity contribution in [1.29, 1.82) is 0 Å². The van der Waals surface area contributed by atoms with E-state index in [0.29, 0.717) is 24.7 Å². The van der Waals surface area contributed by atoms with E-state index in [2.05, 4.69) is 25.7 Å². The quantitative estimate of drug-likeness (QED) is 0.511. The van der Waals surface area contributed by atoms with Gasteiger partial charge in [0.25, 0.3) is 5.91 Å².